The zero-order chi connectivity index (χ0) is 49.1. The van der Waals surface area contributed by atoms with Gasteiger partial charge in [-0.1, -0.05) is 120 Å². The van der Waals surface area contributed by atoms with Crippen molar-refractivity contribution >= 4 is 30.0 Å². The molecule has 0 saturated heterocycles. The molecular weight excluding hydrogens is 841 g/mol. The van der Waals surface area contributed by atoms with E-state index in [1.165, 1.54) is 12.8 Å². The fourth-order valence-corrected chi connectivity index (χ4v) is 7.62. The van der Waals surface area contributed by atoms with Gasteiger partial charge in [0.05, 0.1) is 12.6 Å². The number of unbranched alkanes of at least 4 members (excludes halogenated alkanes) is 10. The number of ether oxygens (including phenoxy) is 3. The van der Waals surface area contributed by atoms with Crippen molar-refractivity contribution < 1.29 is 54.7 Å². The normalized spacial score (nSPS) is 17.1. The van der Waals surface area contributed by atoms with Crippen LogP contribution < -0.4 is 31.9 Å². The van der Waals surface area contributed by atoms with Gasteiger partial charge in [0.2, 0.25) is 0 Å². The number of rotatable bonds is 30. The lowest BCUT2D eigenvalue weighted by atomic mass is 9.87. The molecule has 15 nitrogen and oxygen atoms in total. The topological polar surface area (TPSA) is 205 Å². The number of hydrogen-bond acceptors (Lipinski definition) is 9. The van der Waals surface area contributed by atoms with Crippen LogP contribution in [-0.4, -0.2) is 90.9 Å². The largest absolute Gasteiger partial charge is 0.464 e. The second-order valence-corrected chi connectivity index (χ2v) is 18.5. The SMILES string of the molecule is C#CC#CC#CC#COC(=O)[C@H](CC(C)C)NC(=O)N[C@H]1C[C@@H](NC(=O)N[C@@H](CC(C)C)C(=O)OCCCCCCCC)C[C@@H](NC(=O)N[C@@H](CC(C)C)C(O)OCCCCCCCC)C1.[HH].[HH].[HH].[HH].[HH].[HH].[HH].[HH]. The molecule has 1 saturated carbocycles. The van der Waals surface area contributed by atoms with E-state index in [9.17, 15) is 29.1 Å². The zero-order valence-corrected chi connectivity index (χ0v) is 41.2. The van der Waals surface area contributed by atoms with Crippen molar-refractivity contribution in [1.29, 1.82) is 0 Å². The number of terminal acetylenes is 1. The van der Waals surface area contributed by atoms with Crippen molar-refractivity contribution in [3.63, 3.8) is 0 Å². The minimum Gasteiger partial charge on any atom is -0.464 e. The summed E-state index contributed by atoms with van der Waals surface area (Å²) in [5.74, 6) is 12.9. The molecule has 1 unspecified atom stereocenters. The first-order chi connectivity index (χ1) is 31.6. The van der Waals surface area contributed by atoms with Crippen molar-refractivity contribution in [3.8, 4) is 48.1 Å². The summed E-state index contributed by atoms with van der Waals surface area (Å²) >= 11 is 0. The quantitative estimate of drug-likeness (QED) is 0.0159. The Morgan fingerprint density at radius 3 is 1.48 bits per heavy atom. The van der Waals surface area contributed by atoms with Gasteiger partial charge in [0.15, 0.2) is 6.29 Å². The minimum atomic E-state index is -1.22. The number of carbonyl (C=O) groups is 5. The van der Waals surface area contributed by atoms with Gasteiger partial charge in [-0.15, -0.1) is 6.42 Å². The van der Waals surface area contributed by atoms with Crippen LogP contribution in [0.15, 0.2) is 0 Å². The van der Waals surface area contributed by atoms with Crippen LogP contribution in [0.5, 0.6) is 0 Å². The van der Waals surface area contributed by atoms with E-state index in [2.05, 4.69) is 87.4 Å². The maximum absolute atomic E-state index is 13.6. The van der Waals surface area contributed by atoms with Crippen molar-refractivity contribution in [3.05, 3.63) is 0 Å². The van der Waals surface area contributed by atoms with Crippen LogP contribution in [0.25, 0.3) is 0 Å². The molecule has 0 aromatic rings. The van der Waals surface area contributed by atoms with Gasteiger partial charge in [0.25, 0.3) is 0 Å². The summed E-state index contributed by atoms with van der Waals surface area (Å²) in [6, 6.07) is -6.13. The van der Waals surface area contributed by atoms with Crippen LogP contribution in [0, 0.1) is 65.8 Å². The van der Waals surface area contributed by atoms with E-state index in [1.54, 1.807) is 0 Å². The Labute approximate surface area is 408 Å². The second-order valence-electron chi connectivity index (χ2n) is 18.5. The fourth-order valence-electron chi connectivity index (χ4n) is 7.62. The molecule has 0 bridgehead atoms. The molecule has 66 heavy (non-hydrogen) atoms. The molecule has 0 aliphatic heterocycles. The standard InChI is InChI=1S/C51H82N6O9.8H2/c1-10-13-16-19-22-25-28-64-46(58)43(31-37(4)5)55-49(61)52-40-34-41(53-50(62)56-44(32-38(6)7)47(59)65-29-26-23-20-17-14-11-2)36-42(35-40)54-51(63)57-45(33-39(8)9)48(60)66-30-27-24-21-18-15-12-3;;;;;;;;/h1,37-45,47,59H,11-12,14-15,17-18,20-21,23-24,26-27,29-36H2,2-9H3,(H2,52,55,61)(H2,53,56,62)(H2,54,57,63);8*1H/t40-,41+,42-,43+,44+,45+,47?;;;;;;;;/m1......../s1. The molecule has 0 spiro atoms. The van der Waals surface area contributed by atoms with Gasteiger partial charge >= 0.3 is 30.0 Å². The third-order valence-electron chi connectivity index (χ3n) is 10.7. The first-order valence-corrected chi connectivity index (χ1v) is 24.4. The van der Waals surface area contributed by atoms with Crippen molar-refractivity contribution in [2.24, 2.45) is 17.8 Å². The number of hydrogen-bond donors (Lipinski definition) is 7. The van der Waals surface area contributed by atoms with Gasteiger partial charge in [-0.25, -0.2) is 24.0 Å². The molecule has 7 N–H and O–H groups in total. The Hall–Kier alpha value is -5.09. The molecule has 1 aliphatic rings. The van der Waals surface area contributed by atoms with Crippen LogP contribution in [0.3, 0.4) is 0 Å². The van der Waals surface area contributed by atoms with Crippen LogP contribution in [0.1, 0.15) is 182 Å². The summed E-state index contributed by atoms with van der Waals surface area (Å²) in [4.78, 5) is 66.9. The lowest BCUT2D eigenvalue weighted by Gasteiger charge is -2.37. The Kier molecular flexibility index (Phi) is 32.2. The van der Waals surface area contributed by atoms with Crippen LogP contribution in [0.4, 0.5) is 14.4 Å². The lowest BCUT2D eigenvalue weighted by molar-refractivity contribution is -0.146. The molecule has 15 heteroatoms. The summed E-state index contributed by atoms with van der Waals surface area (Å²) in [6.45, 7) is 16.6. The summed E-state index contributed by atoms with van der Waals surface area (Å²) < 4.78 is 16.4. The highest BCUT2D eigenvalue weighted by molar-refractivity contribution is 5.85. The molecule has 1 aliphatic carbocycles. The molecule has 0 aromatic carbocycles. The number of aliphatic hydroxyl groups excluding tert-OH is 1. The predicted octanol–water partition coefficient (Wildman–Crippen LogP) is 9.13. The molecular formula is C51H98N6O9. The van der Waals surface area contributed by atoms with Crippen molar-refractivity contribution in [1.82, 2.24) is 31.9 Å². The van der Waals surface area contributed by atoms with Crippen molar-refractivity contribution in [2.75, 3.05) is 13.2 Å². The van der Waals surface area contributed by atoms with E-state index in [0.717, 1.165) is 64.2 Å². The third-order valence-corrected chi connectivity index (χ3v) is 10.7. The Morgan fingerprint density at radius 1 is 0.576 bits per heavy atom. The second kappa shape index (κ2) is 36.1. The number of urea groups is 3. The first kappa shape index (κ1) is 58.9. The van der Waals surface area contributed by atoms with Gasteiger partial charge in [-0.3, -0.25) is 0 Å². The number of carbonyl (C=O) groups excluding carboxylic acids is 5. The van der Waals surface area contributed by atoms with Gasteiger partial charge in [0, 0.05) is 53.9 Å². The molecule has 386 valence electrons. The molecule has 0 aromatic heterocycles. The van der Waals surface area contributed by atoms with E-state index >= 15 is 0 Å². The van der Waals surface area contributed by atoms with E-state index in [0.29, 0.717) is 25.9 Å². The van der Waals surface area contributed by atoms with Gasteiger partial charge < -0.3 is 51.2 Å². The maximum Gasteiger partial charge on any atom is 0.342 e. The van der Waals surface area contributed by atoms with E-state index in [4.69, 9.17) is 20.6 Å². The Balaban J connectivity index is -0.000000907. The Bertz CT molecular complexity index is 1710. The highest BCUT2D eigenvalue weighted by Gasteiger charge is 2.34. The van der Waals surface area contributed by atoms with Gasteiger partial charge in [-0.05, 0) is 86.9 Å². The summed E-state index contributed by atoms with van der Waals surface area (Å²) in [7, 11) is 0. The highest BCUT2D eigenvalue weighted by Crippen LogP contribution is 2.21. The smallest absolute Gasteiger partial charge is 0.342 e. The molecule has 1 fully saturated rings. The number of nitrogens with one attached hydrogen (secondary N) is 6. The maximum atomic E-state index is 13.6. The molecule has 7 atom stereocenters. The molecule has 1 rings (SSSR count). The van der Waals surface area contributed by atoms with Gasteiger partial charge in [-0.2, -0.15) is 0 Å². The van der Waals surface area contributed by atoms with E-state index in [-0.39, 0.29) is 55.0 Å². The number of esters is 2. The summed E-state index contributed by atoms with van der Waals surface area (Å²) in [5.41, 5.74) is 0. The lowest BCUT2D eigenvalue weighted by Crippen LogP contribution is -2.59. The number of aliphatic hydroxyl groups is 1. The average Bonchev–Trinajstić information content (AvgIpc) is 3.23. The van der Waals surface area contributed by atoms with E-state index < -0.39 is 72.6 Å². The zero-order valence-electron chi connectivity index (χ0n) is 41.2. The predicted molar refractivity (Wildman–Crippen MR) is 275 cm³/mol. The van der Waals surface area contributed by atoms with E-state index in [1.807, 2.05) is 41.5 Å². The number of amides is 6. The third kappa shape index (κ3) is 29.4. The average molecular weight is 939 g/mol. The van der Waals surface area contributed by atoms with Crippen LogP contribution in [-0.2, 0) is 23.8 Å². The molecule has 0 heterocycles. The van der Waals surface area contributed by atoms with Crippen LogP contribution in [0.2, 0.25) is 0 Å². The highest BCUT2D eigenvalue weighted by atomic mass is 16.6. The first-order valence-electron chi connectivity index (χ1n) is 24.4. The summed E-state index contributed by atoms with van der Waals surface area (Å²) in [6.07, 6.45) is 20.7. The summed E-state index contributed by atoms with van der Waals surface area (Å²) in [5, 5.41) is 28.3. The monoisotopic (exact) mass is 939 g/mol. The van der Waals surface area contributed by atoms with Crippen LogP contribution >= 0.6 is 0 Å². The Morgan fingerprint density at radius 2 is 1.00 bits per heavy atom. The fraction of sp³-hybridized carbons (Fsp3) is 0.745. The molecule has 0 radical (unpaired) electrons. The van der Waals surface area contributed by atoms with Crippen molar-refractivity contribution in [2.45, 2.75) is 214 Å². The van der Waals surface area contributed by atoms with Gasteiger partial charge in [0.1, 0.15) is 18.2 Å². The minimum absolute atomic E-state index is 0. The molecule has 6 amide bonds.